The van der Waals surface area contributed by atoms with Crippen molar-refractivity contribution in [2.24, 2.45) is 0 Å². The highest BCUT2D eigenvalue weighted by molar-refractivity contribution is 7.10. The maximum absolute atomic E-state index is 10.9. The lowest BCUT2D eigenvalue weighted by Gasteiger charge is -2.24. The van der Waals surface area contributed by atoms with Crippen LogP contribution in [-0.2, 0) is 0 Å². The van der Waals surface area contributed by atoms with Gasteiger partial charge in [-0.15, -0.1) is 11.3 Å². The molecule has 1 aliphatic heterocycles. The summed E-state index contributed by atoms with van der Waals surface area (Å²) < 4.78 is 11.7. The third kappa shape index (κ3) is 2.69. The van der Waals surface area contributed by atoms with Crippen molar-refractivity contribution in [2.45, 2.75) is 6.10 Å². The van der Waals surface area contributed by atoms with Crippen LogP contribution in [0.3, 0.4) is 0 Å². The molecule has 1 unspecified atom stereocenters. The number of benzene rings is 2. The van der Waals surface area contributed by atoms with Crippen LogP contribution in [0.15, 0.2) is 53.9 Å². The van der Waals surface area contributed by atoms with E-state index < -0.39 is 4.92 Å². The molecule has 1 aliphatic rings. The molecule has 24 heavy (non-hydrogen) atoms. The molecule has 3 aromatic rings. The lowest BCUT2D eigenvalue weighted by molar-refractivity contribution is -0.384. The average molecular weight is 340 g/mol. The molecule has 0 aliphatic carbocycles. The van der Waals surface area contributed by atoms with Crippen LogP contribution >= 0.6 is 11.3 Å². The maximum atomic E-state index is 10.9. The molecule has 4 rings (SSSR count). The number of hydrogen-bond donors (Lipinski definition) is 0. The minimum absolute atomic E-state index is 0.0493. The number of para-hydroxylation sites is 2. The van der Waals surface area contributed by atoms with Gasteiger partial charge < -0.3 is 9.47 Å². The number of nitrogens with zero attached hydrogens (tertiary/aromatic N) is 2. The van der Waals surface area contributed by atoms with E-state index in [4.69, 9.17) is 9.47 Å². The van der Waals surface area contributed by atoms with E-state index in [-0.39, 0.29) is 11.8 Å². The zero-order chi connectivity index (χ0) is 16.5. The van der Waals surface area contributed by atoms with Crippen molar-refractivity contribution < 1.29 is 14.4 Å². The van der Waals surface area contributed by atoms with Gasteiger partial charge in [-0.05, 0) is 12.1 Å². The van der Waals surface area contributed by atoms with Crippen LogP contribution in [-0.4, -0.2) is 16.5 Å². The summed E-state index contributed by atoms with van der Waals surface area (Å²) in [6, 6.07) is 14.0. The van der Waals surface area contributed by atoms with Crippen LogP contribution in [0.1, 0.15) is 11.1 Å². The van der Waals surface area contributed by atoms with E-state index >= 15 is 0 Å². The number of hydrogen-bond acceptors (Lipinski definition) is 6. The summed E-state index contributed by atoms with van der Waals surface area (Å²) in [6.45, 7) is 0.388. The van der Waals surface area contributed by atoms with E-state index in [0.717, 1.165) is 10.8 Å². The van der Waals surface area contributed by atoms with E-state index in [0.29, 0.717) is 23.6 Å². The van der Waals surface area contributed by atoms with Crippen LogP contribution < -0.4 is 9.47 Å². The highest BCUT2D eigenvalue weighted by Gasteiger charge is 2.25. The van der Waals surface area contributed by atoms with E-state index in [1.54, 1.807) is 12.1 Å². The lowest BCUT2D eigenvalue weighted by Crippen LogP contribution is -2.21. The number of nitro groups is 1. The first-order chi connectivity index (χ1) is 11.7. The van der Waals surface area contributed by atoms with Crippen LogP contribution in [0.5, 0.6) is 11.5 Å². The predicted octanol–water partition coefficient (Wildman–Crippen LogP) is 4.23. The molecule has 0 radical (unpaired) electrons. The Labute approximate surface area is 141 Å². The molecule has 0 spiro atoms. The second-order valence-corrected chi connectivity index (χ2v) is 6.13. The fourth-order valence-electron chi connectivity index (χ4n) is 2.49. The molecule has 0 saturated heterocycles. The number of rotatable bonds is 3. The number of fused-ring (bicyclic) bond motifs is 1. The molecule has 0 bridgehead atoms. The second kappa shape index (κ2) is 5.93. The molecule has 7 heteroatoms. The van der Waals surface area contributed by atoms with Gasteiger partial charge in [0, 0.05) is 23.1 Å². The van der Waals surface area contributed by atoms with Gasteiger partial charge in [0.05, 0.1) is 10.6 Å². The average Bonchev–Trinajstić information content (AvgIpc) is 3.11. The Morgan fingerprint density at radius 1 is 1.17 bits per heavy atom. The van der Waals surface area contributed by atoms with Gasteiger partial charge >= 0.3 is 0 Å². The maximum Gasteiger partial charge on any atom is 0.270 e. The summed E-state index contributed by atoms with van der Waals surface area (Å²) in [5, 5.41) is 13.6. The summed E-state index contributed by atoms with van der Waals surface area (Å²) >= 11 is 1.45. The Morgan fingerprint density at radius 2 is 2.00 bits per heavy atom. The second-order valence-electron chi connectivity index (χ2n) is 5.24. The molecule has 6 nitrogen and oxygen atoms in total. The van der Waals surface area contributed by atoms with Crippen molar-refractivity contribution in [1.82, 2.24) is 4.98 Å². The third-order valence-corrected chi connectivity index (χ3v) is 4.60. The molecule has 1 aromatic heterocycles. The van der Waals surface area contributed by atoms with Gasteiger partial charge in [-0.3, -0.25) is 10.1 Å². The molecular formula is C17H12N2O4S. The molecule has 2 heterocycles. The lowest BCUT2D eigenvalue weighted by atomic mass is 10.1. The zero-order valence-electron chi connectivity index (χ0n) is 12.4. The van der Waals surface area contributed by atoms with Gasteiger partial charge in [0.2, 0.25) is 0 Å². The molecule has 120 valence electrons. The van der Waals surface area contributed by atoms with Crippen molar-refractivity contribution in [2.75, 3.05) is 6.61 Å². The normalized spacial score (nSPS) is 15.9. The monoisotopic (exact) mass is 340 g/mol. The highest BCUT2D eigenvalue weighted by atomic mass is 32.1. The van der Waals surface area contributed by atoms with Crippen molar-refractivity contribution >= 4 is 17.0 Å². The SMILES string of the molecule is O=[N+]([O-])c1cccc(-c2csc(C3COc4ccccc4O3)n2)c1. The van der Waals surface area contributed by atoms with Crippen LogP contribution in [0.2, 0.25) is 0 Å². The minimum atomic E-state index is -0.411. The number of thiazole rings is 1. The first-order valence-corrected chi connectivity index (χ1v) is 8.17. The molecular weight excluding hydrogens is 328 g/mol. The summed E-state index contributed by atoms with van der Waals surface area (Å²) in [5.74, 6) is 1.42. The van der Waals surface area contributed by atoms with Gasteiger partial charge in [-0.25, -0.2) is 4.98 Å². The minimum Gasteiger partial charge on any atom is -0.485 e. The van der Waals surface area contributed by atoms with Crippen molar-refractivity contribution in [1.29, 1.82) is 0 Å². The summed E-state index contributed by atoms with van der Waals surface area (Å²) in [5.41, 5.74) is 1.46. The molecule has 2 aromatic carbocycles. The largest absolute Gasteiger partial charge is 0.485 e. The first-order valence-electron chi connectivity index (χ1n) is 7.29. The first kappa shape index (κ1) is 14.6. The number of ether oxygens (including phenoxy) is 2. The summed E-state index contributed by atoms with van der Waals surface area (Å²) in [7, 11) is 0. The van der Waals surface area contributed by atoms with E-state index in [9.17, 15) is 10.1 Å². The third-order valence-electron chi connectivity index (χ3n) is 3.66. The van der Waals surface area contributed by atoms with Crippen LogP contribution in [0.4, 0.5) is 5.69 Å². The molecule has 1 atom stereocenters. The van der Waals surface area contributed by atoms with Crippen LogP contribution in [0, 0.1) is 10.1 Å². The van der Waals surface area contributed by atoms with Crippen molar-refractivity contribution in [3.05, 3.63) is 69.0 Å². The predicted molar refractivity (Wildman–Crippen MR) is 89.5 cm³/mol. The quantitative estimate of drug-likeness (QED) is 0.527. The van der Waals surface area contributed by atoms with E-state index in [1.165, 1.54) is 23.5 Å². The van der Waals surface area contributed by atoms with E-state index in [1.807, 2.05) is 29.6 Å². The van der Waals surface area contributed by atoms with Crippen molar-refractivity contribution in [3.8, 4) is 22.8 Å². The molecule has 0 saturated carbocycles. The van der Waals surface area contributed by atoms with Gasteiger partial charge in [0.1, 0.15) is 11.6 Å². The Kier molecular flexibility index (Phi) is 3.62. The summed E-state index contributed by atoms with van der Waals surface area (Å²) in [4.78, 5) is 15.1. The molecule has 0 fully saturated rings. The standard InChI is InChI=1S/C17H12N2O4S/c20-19(21)12-5-3-4-11(8-12)13-10-24-17(18-13)16-9-22-14-6-1-2-7-15(14)23-16/h1-8,10,16H,9H2. The van der Waals surface area contributed by atoms with Crippen LogP contribution in [0.25, 0.3) is 11.3 Å². The Morgan fingerprint density at radius 3 is 2.83 bits per heavy atom. The fraction of sp³-hybridized carbons (Fsp3) is 0.118. The number of aromatic nitrogens is 1. The van der Waals surface area contributed by atoms with E-state index in [2.05, 4.69) is 4.98 Å². The Balaban J connectivity index is 1.60. The fourth-order valence-corrected chi connectivity index (χ4v) is 3.33. The zero-order valence-corrected chi connectivity index (χ0v) is 13.2. The highest BCUT2D eigenvalue weighted by Crippen LogP contribution is 2.37. The van der Waals surface area contributed by atoms with Gasteiger partial charge in [-0.2, -0.15) is 0 Å². The van der Waals surface area contributed by atoms with Gasteiger partial charge in [0.15, 0.2) is 17.6 Å². The smallest absolute Gasteiger partial charge is 0.270 e. The van der Waals surface area contributed by atoms with Crippen molar-refractivity contribution in [3.63, 3.8) is 0 Å². The van der Waals surface area contributed by atoms with Gasteiger partial charge in [-0.1, -0.05) is 24.3 Å². The Hall–Kier alpha value is -2.93. The summed E-state index contributed by atoms with van der Waals surface area (Å²) in [6.07, 6.45) is -0.280. The topological polar surface area (TPSA) is 74.5 Å². The number of nitro benzene ring substituents is 1. The molecule has 0 amide bonds. The molecule has 0 N–H and O–H groups in total. The van der Waals surface area contributed by atoms with Gasteiger partial charge in [0.25, 0.3) is 5.69 Å². The number of non-ortho nitro benzene ring substituents is 1. The Bertz CT molecular complexity index is 909.